The summed E-state index contributed by atoms with van der Waals surface area (Å²) in [6, 6.07) is 3.28. The van der Waals surface area contributed by atoms with Crippen LogP contribution >= 0.6 is 0 Å². The SMILES string of the molecule is CCCCOc1cccc(S(=O)(=O)O)c1S(=O)(=O)O. The molecule has 9 heteroatoms. The Morgan fingerprint density at radius 3 is 2.21 bits per heavy atom. The molecule has 0 saturated carbocycles. The second kappa shape index (κ2) is 5.87. The Kier molecular flexibility index (Phi) is 4.91. The Balaban J connectivity index is 3.41. The molecule has 0 spiro atoms. The fourth-order valence-corrected chi connectivity index (χ4v) is 3.31. The van der Waals surface area contributed by atoms with E-state index < -0.39 is 30.0 Å². The third kappa shape index (κ3) is 4.16. The molecule has 0 radical (unpaired) electrons. The predicted octanol–water partition coefficient (Wildman–Crippen LogP) is 1.36. The maximum absolute atomic E-state index is 11.3. The van der Waals surface area contributed by atoms with Crippen LogP contribution in [0.5, 0.6) is 5.75 Å². The molecule has 0 aliphatic carbocycles. The minimum atomic E-state index is -4.85. The molecule has 0 unspecified atom stereocenters. The van der Waals surface area contributed by atoms with Crippen molar-refractivity contribution in [1.29, 1.82) is 0 Å². The van der Waals surface area contributed by atoms with E-state index in [9.17, 15) is 16.8 Å². The lowest BCUT2D eigenvalue weighted by Crippen LogP contribution is -2.11. The topological polar surface area (TPSA) is 118 Å². The summed E-state index contributed by atoms with van der Waals surface area (Å²) in [5.41, 5.74) is 0. The molecule has 1 aromatic carbocycles. The summed E-state index contributed by atoms with van der Waals surface area (Å²) in [7, 11) is -9.64. The van der Waals surface area contributed by atoms with Crippen LogP contribution in [0.15, 0.2) is 28.0 Å². The maximum atomic E-state index is 11.3. The van der Waals surface area contributed by atoms with Crippen LogP contribution in [0.2, 0.25) is 0 Å². The molecule has 2 N–H and O–H groups in total. The van der Waals surface area contributed by atoms with Crippen molar-refractivity contribution in [3.63, 3.8) is 0 Å². The van der Waals surface area contributed by atoms with Crippen molar-refractivity contribution >= 4 is 20.2 Å². The van der Waals surface area contributed by atoms with Crippen LogP contribution in [-0.4, -0.2) is 32.5 Å². The van der Waals surface area contributed by atoms with Gasteiger partial charge < -0.3 is 4.74 Å². The summed E-state index contributed by atoms with van der Waals surface area (Å²) in [6.45, 7) is 2.05. The molecular weight excluding hydrogens is 296 g/mol. The summed E-state index contributed by atoms with van der Waals surface area (Å²) in [5, 5.41) is 0. The first-order valence-electron chi connectivity index (χ1n) is 5.38. The minimum absolute atomic E-state index is 0.161. The second-order valence-corrected chi connectivity index (χ2v) is 6.48. The van der Waals surface area contributed by atoms with Gasteiger partial charge in [0.2, 0.25) is 0 Å². The summed E-state index contributed by atoms with van der Waals surface area (Å²) < 4.78 is 67.9. The lowest BCUT2D eigenvalue weighted by atomic mass is 10.3. The van der Waals surface area contributed by atoms with Gasteiger partial charge in [-0.15, -0.1) is 0 Å². The molecule has 0 bridgehead atoms. The van der Waals surface area contributed by atoms with E-state index in [0.29, 0.717) is 6.42 Å². The Hall–Kier alpha value is -1.16. The van der Waals surface area contributed by atoms with E-state index in [1.54, 1.807) is 0 Å². The van der Waals surface area contributed by atoms with E-state index in [1.165, 1.54) is 12.1 Å². The molecule has 0 atom stereocenters. The van der Waals surface area contributed by atoms with Crippen LogP contribution in [0.4, 0.5) is 0 Å². The van der Waals surface area contributed by atoms with E-state index in [-0.39, 0.29) is 12.4 Å². The highest BCUT2D eigenvalue weighted by Crippen LogP contribution is 2.30. The van der Waals surface area contributed by atoms with Crippen LogP contribution in [0.1, 0.15) is 19.8 Å². The second-order valence-electron chi connectivity index (χ2n) is 3.74. The molecule has 1 aromatic rings. The third-order valence-corrected chi connectivity index (χ3v) is 4.20. The molecule has 7 nitrogen and oxygen atoms in total. The summed E-state index contributed by atoms with van der Waals surface area (Å²) in [5.74, 6) is -0.314. The Morgan fingerprint density at radius 1 is 1.11 bits per heavy atom. The first kappa shape index (κ1) is 15.9. The lowest BCUT2D eigenvalue weighted by molar-refractivity contribution is 0.298. The van der Waals surface area contributed by atoms with Gasteiger partial charge in [0.05, 0.1) is 6.61 Å². The molecule has 0 aliphatic heterocycles. The number of hydrogen-bond acceptors (Lipinski definition) is 5. The minimum Gasteiger partial charge on any atom is -0.492 e. The molecule has 0 aromatic heterocycles. The first-order chi connectivity index (χ1) is 8.68. The third-order valence-electron chi connectivity index (χ3n) is 2.23. The van der Waals surface area contributed by atoms with Gasteiger partial charge in [-0.3, -0.25) is 9.11 Å². The van der Waals surface area contributed by atoms with E-state index >= 15 is 0 Å². The Labute approximate surface area is 111 Å². The molecule has 1 rings (SSSR count). The summed E-state index contributed by atoms with van der Waals surface area (Å²) in [6.07, 6.45) is 1.42. The fourth-order valence-electron chi connectivity index (χ4n) is 1.39. The number of unbranched alkanes of at least 4 members (excludes halogenated alkanes) is 1. The van der Waals surface area contributed by atoms with Gasteiger partial charge >= 0.3 is 0 Å². The van der Waals surface area contributed by atoms with Crippen LogP contribution in [0.25, 0.3) is 0 Å². The van der Waals surface area contributed by atoms with Gasteiger partial charge in [-0.25, -0.2) is 0 Å². The zero-order chi connectivity index (χ0) is 14.7. The zero-order valence-electron chi connectivity index (χ0n) is 10.1. The largest absolute Gasteiger partial charge is 0.492 e. The van der Waals surface area contributed by atoms with Gasteiger partial charge in [0, 0.05) is 0 Å². The van der Waals surface area contributed by atoms with Gasteiger partial charge in [0.25, 0.3) is 20.2 Å². The number of benzene rings is 1. The van der Waals surface area contributed by atoms with Crippen LogP contribution in [0, 0.1) is 0 Å². The number of ether oxygens (including phenoxy) is 1. The van der Waals surface area contributed by atoms with Gasteiger partial charge in [0.15, 0.2) is 4.90 Å². The molecule has 0 aliphatic rings. The molecular formula is C10H14O7S2. The maximum Gasteiger partial charge on any atom is 0.299 e. The number of rotatable bonds is 6. The highest BCUT2D eigenvalue weighted by Gasteiger charge is 2.28. The van der Waals surface area contributed by atoms with E-state index in [2.05, 4.69) is 0 Å². The van der Waals surface area contributed by atoms with Gasteiger partial charge in [-0.1, -0.05) is 19.4 Å². The molecule has 0 saturated heterocycles. The standard InChI is InChI=1S/C10H14O7S2/c1-2-3-7-17-8-5-4-6-9(18(11,12)13)10(8)19(14,15)16/h4-6H,2-3,7H2,1H3,(H,11,12,13)(H,14,15,16). The van der Waals surface area contributed by atoms with Crippen molar-refractivity contribution in [3.05, 3.63) is 18.2 Å². The van der Waals surface area contributed by atoms with Crippen LogP contribution in [-0.2, 0) is 20.2 Å². The van der Waals surface area contributed by atoms with Crippen molar-refractivity contribution in [3.8, 4) is 5.75 Å². The quantitative estimate of drug-likeness (QED) is 0.601. The highest BCUT2D eigenvalue weighted by atomic mass is 32.2. The average molecular weight is 310 g/mol. The smallest absolute Gasteiger partial charge is 0.299 e. The molecule has 0 heterocycles. The first-order valence-corrected chi connectivity index (χ1v) is 8.26. The van der Waals surface area contributed by atoms with Crippen molar-refractivity contribution in [2.75, 3.05) is 6.61 Å². The molecule has 108 valence electrons. The summed E-state index contributed by atoms with van der Waals surface area (Å²) in [4.78, 5) is -1.86. The van der Waals surface area contributed by atoms with Crippen molar-refractivity contribution in [1.82, 2.24) is 0 Å². The van der Waals surface area contributed by atoms with Crippen molar-refractivity contribution in [2.24, 2.45) is 0 Å². The number of hydrogen-bond donors (Lipinski definition) is 2. The van der Waals surface area contributed by atoms with Crippen LogP contribution < -0.4 is 4.74 Å². The molecule has 0 fully saturated rings. The summed E-state index contributed by atoms with van der Waals surface area (Å²) >= 11 is 0. The Morgan fingerprint density at radius 2 is 1.74 bits per heavy atom. The highest BCUT2D eigenvalue weighted by molar-refractivity contribution is 7.89. The van der Waals surface area contributed by atoms with E-state index in [1.807, 2.05) is 6.92 Å². The van der Waals surface area contributed by atoms with E-state index in [4.69, 9.17) is 13.8 Å². The van der Waals surface area contributed by atoms with Crippen LogP contribution in [0.3, 0.4) is 0 Å². The predicted molar refractivity (Wildman–Crippen MR) is 66.5 cm³/mol. The lowest BCUT2D eigenvalue weighted by Gasteiger charge is -2.11. The van der Waals surface area contributed by atoms with Gasteiger partial charge in [0.1, 0.15) is 10.6 Å². The Bertz CT molecular complexity index is 646. The molecule has 19 heavy (non-hydrogen) atoms. The van der Waals surface area contributed by atoms with Crippen molar-refractivity contribution in [2.45, 2.75) is 29.6 Å². The van der Waals surface area contributed by atoms with Crippen molar-refractivity contribution < 1.29 is 30.7 Å². The van der Waals surface area contributed by atoms with Gasteiger partial charge in [-0.05, 0) is 18.6 Å². The van der Waals surface area contributed by atoms with E-state index in [0.717, 1.165) is 12.5 Å². The molecule has 0 amide bonds. The fraction of sp³-hybridized carbons (Fsp3) is 0.400. The normalized spacial score (nSPS) is 12.4. The average Bonchev–Trinajstić information content (AvgIpc) is 2.26. The monoisotopic (exact) mass is 310 g/mol. The van der Waals surface area contributed by atoms with Gasteiger partial charge in [-0.2, -0.15) is 16.8 Å². The zero-order valence-corrected chi connectivity index (χ0v) is 11.7.